The van der Waals surface area contributed by atoms with Crippen LogP contribution in [0.25, 0.3) is 0 Å². The van der Waals surface area contributed by atoms with Gasteiger partial charge in [-0.05, 0) is 10.8 Å². The van der Waals surface area contributed by atoms with Gasteiger partial charge in [0.2, 0.25) is 5.75 Å². The first-order valence-electron chi connectivity index (χ1n) is 5.81. The zero-order valence-corrected chi connectivity index (χ0v) is 11.6. The first-order valence-corrected chi connectivity index (χ1v) is 5.81. The molecular formula is C14H19F2O2. The molecule has 0 aromatic heterocycles. The minimum absolute atomic E-state index is 0.266. The summed E-state index contributed by atoms with van der Waals surface area (Å²) in [6.45, 7) is 9.63. The predicted octanol–water partition coefficient (Wildman–Crippen LogP) is 4.41. The van der Waals surface area contributed by atoms with Gasteiger partial charge in [0.25, 0.3) is 0 Å². The van der Waals surface area contributed by atoms with Gasteiger partial charge < -0.3 is 5.11 Å². The summed E-state index contributed by atoms with van der Waals surface area (Å²) >= 11 is 0. The van der Waals surface area contributed by atoms with Crippen molar-refractivity contribution in [2.24, 2.45) is 0 Å². The van der Waals surface area contributed by atoms with E-state index in [9.17, 15) is 19.0 Å². The molecule has 0 amide bonds. The van der Waals surface area contributed by atoms with E-state index in [2.05, 4.69) is 0 Å². The van der Waals surface area contributed by atoms with Crippen molar-refractivity contribution in [1.29, 1.82) is 0 Å². The van der Waals surface area contributed by atoms with Crippen LogP contribution in [0.2, 0.25) is 0 Å². The number of aromatic hydroxyl groups is 1. The number of phenolic OH excluding ortho intramolecular Hbond substituents is 1. The topological polar surface area (TPSA) is 40.1 Å². The van der Waals surface area contributed by atoms with E-state index in [4.69, 9.17) is 0 Å². The molecule has 101 valence electrons. The quantitative estimate of drug-likeness (QED) is 0.734. The summed E-state index contributed by atoms with van der Waals surface area (Å²) in [7, 11) is 0. The van der Waals surface area contributed by atoms with Crippen molar-refractivity contribution < 1.29 is 19.0 Å². The molecule has 0 saturated heterocycles. The summed E-state index contributed by atoms with van der Waals surface area (Å²) in [5.41, 5.74) is -2.29. The molecule has 0 atom stereocenters. The molecule has 1 radical (unpaired) electrons. The monoisotopic (exact) mass is 257 g/mol. The highest BCUT2D eigenvalue weighted by Gasteiger charge is 2.35. The van der Waals surface area contributed by atoms with Crippen molar-refractivity contribution in [3.63, 3.8) is 0 Å². The van der Waals surface area contributed by atoms with Crippen molar-refractivity contribution in [2.75, 3.05) is 0 Å². The number of rotatable bonds is 0. The first kappa shape index (κ1) is 14.7. The molecule has 4 heteroatoms. The summed E-state index contributed by atoms with van der Waals surface area (Å²) in [5, 5.41) is 21.9. The SMILES string of the molecule is CC(C)(C)c1c([O])c(O)c(C(C)(C)C)c(F)c1F. The number of phenols is 1. The van der Waals surface area contributed by atoms with E-state index in [1.165, 1.54) is 0 Å². The Bertz CT molecular complexity index is 406. The lowest BCUT2D eigenvalue weighted by Crippen LogP contribution is -2.20. The van der Waals surface area contributed by atoms with Crippen molar-refractivity contribution in [3.05, 3.63) is 22.8 Å². The molecule has 2 nitrogen and oxygen atoms in total. The smallest absolute Gasteiger partial charge is 0.227 e. The van der Waals surface area contributed by atoms with Crippen LogP contribution in [0.5, 0.6) is 11.5 Å². The van der Waals surface area contributed by atoms with Crippen LogP contribution in [-0.4, -0.2) is 5.11 Å². The lowest BCUT2D eigenvalue weighted by atomic mass is 9.80. The van der Waals surface area contributed by atoms with Crippen LogP contribution in [-0.2, 0) is 15.9 Å². The maximum Gasteiger partial charge on any atom is 0.227 e. The number of hydrogen-bond donors (Lipinski definition) is 1. The normalized spacial score (nSPS) is 12.9. The molecule has 0 heterocycles. The molecule has 18 heavy (non-hydrogen) atoms. The van der Waals surface area contributed by atoms with Crippen molar-refractivity contribution in [2.45, 2.75) is 52.4 Å². The minimum Gasteiger partial charge on any atom is -0.504 e. The van der Waals surface area contributed by atoms with Gasteiger partial charge in [-0.1, -0.05) is 41.5 Å². The molecule has 0 aliphatic carbocycles. The molecule has 0 unspecified atom stereocenters. The lowest BCUT2D eigenvalue weighted by molar-refractivity contribution is 0.293. The fourth-order valence-electron chi connectivity index (χ4n) is 2.01. The molecule has 1 aromatic carbocycles. The lowest BCUT2D eigenvalue weighted by Gasteiger charge is -2.26. The summed E-state index contributed by atoms with van der Waals surface area (Å²) in [4.78, 5) is 0. The average Bonchev–Trinajstić information content (AvgIpc) is 2.10. The second-order valence-electron chi connectivity index (χ2n) is 6.56. The Hall–Kier alpha value is -1.32. The second-order valence-corrected chi connectivity index (χ2v) is 6.56. The van der Waals surface area contributed by atoms with Crippen LogP contribution in [0.1, 0.15) is 52.7 Å². The zero-order chi connectivity index (χ0) is 14.5. The van der Waals surface area contributed by atoms with Gasteiger partial charge in [-0.15, -0.1) is 0 Å². The van der Waals surface area contributed by atoms with Gasteiger partial charge >= 0.3 is 0 Å². The summed E-state index contributed by atoms with van der Waals surface area (Å²) in [6.07, 6.45) is 0. The molecule has 0 bridgehead atoms. The third-order valence-corrected chi connectivity index (χ3v) is 2.81. The fourth-order valence-corrected chi connectivity index (χ4v) is 2.01. The highest BCUT2D eigenvalue weighted by molar-refractivity contribution is 5.55. The number of hydrogen-bond acceptors (Lipinski definition) is 1. The van der Waals surface area contributed by atoms with Crippen molar-refractivity contribution in [3.8, 4) is 11.5 Å². The van der Waals surface area contributed by atoms with E-state index in [1.54, 1.807) is 41.5 Å². The van der Waals surface area contributed by atoms with Gasteiger partial charge in [0.1, 0.15) is 0 Å². The molecule has 0 saturated carbocycles. The highest BCUT2D eigenvalue weighted by atomic mass is 19.2. The molecule has 0 aliphatic rings. The minimum atomic E-state index is -1.16. The number of benzene rings is 1. The first-order chi connectivity index (χ1) is 7.89. The highest BCUT2D eigenvalue weighted by Crippen LogP contribution is 2.46. The maximum atomic E-state index is 14.1. The van der Waals surface area contributed by atoms with Crippen LogP contribution >= 0.6 is 0 Å². The Morgan fingerprint density at radius 3 is 1.50 bits per heavy atom. The van der Waals surface area contributed by atoms with Crippen LogP contribution in [0.4, 0.5) is 8.78 Å². The van der Waals surface area contributed by atoms with E-state index in [-0.39, 0.29) is 11.1 Å². The Morgan fingerprint density at radius 2 is 1.17 bits per heavy atom. The molecule has 0 spiro atoms. The Morgan fingerprint density at radius 1 is 0.833 bits per heavy atom. The Balaban J connectivity index is 3.79. The Labute approximate surface area is 106 Å². The van der Waals surface area contributed by atoms with Crippen LogP contribution < -0.4 is 0 Å². The van der Waals surface area contributed by atoms with Gasteiger partial charge in [-0.25, -0.2) is 8.78 Å². The van der Waals surface area contributed by atoms with Crippen LogP contribution in [0.3, 0.4) is 0 Å². The second kappa shape index (κ2) is 4.11. The van der Waals surface area contributed by atoms with Crippen molar-refractivity contribution >= 4 is 0 Å². The molecule has 0 aliphatic heterocycles. The molecule has 1 N–H and O–H groups in total. The van der Waals surface area contributed by atoms with E-state index < -0.39 is 34.0 Å². The molecular weight excluding hydrogens is 238 g/mol. The number of halogens is 2. The standard InChI is InChI=1S/C14H19F2O2/c1-13(2,3)7-9(15)10(16)8(14(4,5)6)12(18)11(7)17/h17H,1-6H3. The van der Waals surface area contributed by atoms with E-state index in [0.717, 1.165) is 0 Å². The van der Waals surface area contributed by atoms with Gasteiger partial charge in [0.15, 0.2) is 17.4 Å². The third kappa shape index (κ3) is 2.28. The van der Waals surface area contributed by atoms with E-state index in [0.29, 0.717) is 0 Å². The van der Waals surface area contributed by atoms with Crippen molar-refractivity contribution in [1.82, 2.24) is 0 Å². The van der Waals surface area contributed by atoms with Gasteiger partial charge in [-0.2, -0.15) is 0 Å². The molecule has 0 fully saturated rings. The zero-order valence-electron chi connectivity index (χ0n) is 11.6. The van der Waals surface area contributed by atoms with Gasteiger partial charge in [-0.3, -0.25) is 5.11 Å². The third-order valence-electron chi connectivity index (χ3n) is 2.81. The van der Waals surface area contributed by atoms with E-state index in [1.807, 2.05) is 0 Å². The molecule has 1 rings (SSSR count). The van der Waals surface area contributed by atoms with E-state index >= 15 is 0 Å². The molecule has 1 aromatic rings. The maximum absolute atomic E-state index is 14.1. The fraction of sp³-hybridized carbons (Fsp3) is 0.571. The summed E-state index contributed by atoms with van der Waals surface area (Å²) in [6, 6.07) is 0. The summed E-state index contributed by atoms with van der Waals surface area (Å²) < 4.78 is 28.1. The summed E-state index contributed by atoms with van der Waals surface area (Å²) in [5.74, 6) is -3.81. The van der Waals surface area contributed by atoms with Crippen LogP contribution in [0.15, 0.2) is 0 Å². The predicted molar refractivity (Wildman–Crippen MR) is 65.6 cm³/mol. The van der Waals surface area contributed by atoms with Gasteiger partial charge in [0.05, 0.1) is 0 Å². The van der Waals surface area contributed by atoms with Crippen LogP contribution in [0, 0.1) is 11.6 Å². The largest absolute Gasteiger partial charge is 0.504 e. The van der Waals surface area contributed by atoms with Gasteiger partial charge in [0, 0.05) is 11.1 Å². The average molecular weight is 257 g/mol. The Kier molecular flexibility index (Phi) is 3.36.